The lowest BCUT2D eigenvalue weighted by Crippen LogP contribution is -2.17. The molecule has 0 bridgehead atoms. The van der Waals surface area contributed by atoms with Crippen molar-refractivity contribution in [1.82, 2.24) is 10.2 Å². The van der Waals surface area contributed by atoms with Crippen molar-refractivity contribution in [2.24, 2.45) is 5.92 Å². The number of allylic oxidation sites excluding steroid dienone is 1. The number of nitrogens with zero attached hydrogens (tertiary/aromatic N) is 1. The molecule has 1 atom stereocenters. The smallest absolute Gasteiger partial charge is 0.133 e. The van der Waals surface area contributed by atoms with E-state index in [2.05, 4.69) is 16.8 Å². The second-order valence-electron chi connectivity index (χ2n) is 4.55. The first-order chi connectivity index (χ1) is 7.79. The summed E-state index contributed by atoms with van der Waals surface area (Å²) in [4.78, 5) is 11.6. The van der Waals surface area contributed by atoms with Crippen molar-refractivity contribution in [2.45, 2.75) is 38.5 Å². The maximum atomic E-state index is 11.6. The Balaban J connectivity index is 1.85. The topological polar surface area (TPSA) is 45.8 Å². The molecule has 2 rings (SSSR count). The van der Waals surface area contributed by atoms with Crippen molar-refractivity contribution >= 4 is 5.78 Å². The standard InChI is InChI=1S/C13H18N2O/c1-2-3-4-12(16)7-10-5-6-11-9-14-15-13(11)8-10/h2,9-10H,1,3-8H2,(H,14,15). The first kappa shape index (κ1) is 11.1. The van der Waals surface area contributed by atoms with E-state index < -0.39 is 0 Å². The van der Waals surface area contributed by atoms with E-state index in [-0.39, 0.29) is 0 Å². The SMILES string of the molecule is C=CCCC(=O)CC1CCc2cn[nH]c2C1. The summed E-state index contributed by atoms with van der Waals surface area (Å²) in [6.07, 6.45) is 9.05. The Morgan fingerprint density at radius 2 is 2.56 bits per heavy atom. The number of hydrogen-bond acceptors (Lipinski definition) is 2. The van der Waals surface area contributed by atoms with E-state index in [0.717, 1.165) is 25.7 Å². The molecular formula is C13H18N2O. The van der Waals surface area contributed by atoms with Crippen LogP contribution < -0.4 is 0 Å². The van der Waals surface area contributed by atoms with Gasteiger partial charge in [-0.05, 0) is 37.2 Å². The van der Waals surface area contributed by atoms with Crippen LogP contribution in [0.3, 0.4) is 0 Å². The number of H-pyrrole nitrogens is 1. The highest BCUT2D eigenvalue weighted by atomic mass is 16.1. The molecule has 1 N–H and O–H groups in total. The number of fused-ring (bicyclic) bond motifs is 1. The summed E-state index contributed by atoms with van der Waals surface area (Å²) in [5.74, 6) is 0.873. The number of aromatic amines is 1. The van der Waals surface area contributed by atoms with Crippen molar-refractivity contribution in [1.29, 1.82) is 0 Å². The number of Topliss-reactive ketones (excluding diaryl/α,β-unsaturated/α-hetero) is 1. The lowest BCUT2D eigenvalue weighted by Gasteiger charge is -2.20. The highest BCUT2D eigenvalue weighted by Crippen LogP contribution is 2.26. The fraction of sp³-hybridized carbons (Fsp3) is 0.538. The van der Waals surface area contributed by atoms with Gasteiger partial charge in [0.1, 0.15) is 5.78 Å². The predicted molar refractivity (Wildman–Crippen MR) is 63.2 cm³/mol. The van der Waals surface area contributed by atoms with Crippen molar-refractivity contribution in [3.8, 4) is 0 Å². The Morgan fingerprint density at radius 3 is 3.38 bits per heavy atom. The summed E-state index contributed by atoms with van der Waals surface area (Å²) in [6.45, 7) is 3.64. The molecular weight excluding hydrogens is 200 g/mol. The largest absolute Gasteiger partial charge is 0.300 e. The normalized spacial score (nSPS) is 19.1. The van der Waals surface area contributed by atoms with E-state index in [1.165, 1.54) is 11.3 Å². The third-order valence-corrected chi connectivity index (χ3v) is 3.27. The van der Waals surface area contributed by atoms with Crippen LogP contribution in [0.25, 0.3) is 0 Å². The van der Waals surface area contributed by atoms with Gasteiger partial charge in [0.2, 0.25) is 0 Å². The highest BCUT2D eigenvalue weighted by molar-refractivity contribution is 5.78. The number of rotatable bonds is 5. The quantitative estimate of drug-likeness (QED) is 0.771. The Hall–Kier alpha value is -1.38. The molecule has 0 aliphatic heterocycles. The molecule has 3 heteroatoms. The van der Waals surface area contributed by atoms with Gasteiger partial charge in [0, 0.05) is 18.5 Å². The fourth-order valence-electron chi connectivity index (χ4n) is 2.34. The fourth-order valence-corrected chi connectivity index (χ4v) is 2.34. The molecule has 0 radical (unpaired) electrons. The van der Waals surface area contributed by atoms with Crippen LogP contribution in [-0.2, 0) is 17.6 Å². The molecule has 1 aromatic heterocycles. The van der Waals surface area contributed by atoms with Gasteiger partial charge in [-0.2, -0.15) is 5.10 Å². The monoisotopic (exact) mass is 218 g/mol. The van der Waals surface area contributed by atoms with E-state index in [4.69, 9.17) is 0 Å². The van der Waals surface area contributed by atoms with Gasteiger partial charge in [0.25, 0.3) is 0 Å². The van der Waals surface area contributed by atoms with Crippen molar-refractivity contribution in [3.05, 3.63) is 30.1 Å². The lowest BCUT2D eigenvalue weighted by molar-refractivity contribution is -0.120. The van der Waals surface area contributed by atoms with Gasteiger partial charge in [-0.15, -0.1) is 6.58 Å². The van der Waals surface area contributed by atoms with Gasteiger partial charge < -0.3 is 0 Å². The Morgan fingerprint density at radius 1 is 1.69 bits per heavy atom. The second-order valence-corrected chi connectivity index (χ2v) is 4.55. The molecule has 86 valence electrons. The van der Waals surface area contributed by atoms with E-state index in [1.54, 1.807) is 0 Å². The molecule has 0 saturated heterocycles. The molecule has 1 unspecified atom stereocenters. The zero-order valence-corrected chi connectivity index (χ0v) is 9.54. The second kappa shape index (κ2) is 5.10. The van der Waals surface area contributed by atoms with E-state index in [9.17, 15) is 4.79 Å². The maximum Gasteiger partial charge on any atom is 0.133 e. The van der Waals surface area contributed by atoms with Crippen LogP contribution in [-0.4, -0.2) is 16.0 Å². The third kappa shape index (κ3) is 2.60. The van der Waals surface area contributed by atoms with Crippen LogP contribution in [0.2, 0.25) is 0 Å². The number of aryl methyl sites for hydroxylation is 1. The van der Waals surface area contributed by atoms with E-state index in [0.29, 0.717) is 24.5 Å². The zero-order chi connectivity index (χ0) is 11.4. The molecule has 0 saturated carbocycles. The third-order valence-electron chi connectivity index (χ3n) is 3.27. The lowest BCUT2D eigenvalue weighted by atomic mass is 9.84. The summed E-state index contributed by atoms with van der Waals surface area (Å²) in [6, 6.07) is 0. The maximum absolute atomic E-state index is 11.6. The molecule has 0 amide bonds. The van der Waals surface area contributed by atoms with E-state index >= 15 is 0 Å². The highest BCUT2D eigenvalue weighted by Gasteiger charge is 2.21. The van der Waals surface area contributed by atoms with Crippen LogP contribution in [0.4, 0.5) is 0 Å². The average Bonchev–Trinajstić information content (AvgIpc) is 2.73. The molecule has 1 aliphatic carbocycles. The molecule has 1 aliphatic rings. The van der Waals surface area contributed by atoms with Gasteiger partial charge in [-0.1, -0.05) is 6.08 Å². The number of carbonyl (C=O) groups excluding carboxylic acids is 1. The molecule has 16 heavy (non-hydrogen) atoms. The molecule has 3 nitrogen and oxygen atoms in total. The minimum absolute atomic E-state index is 0.368. The predicted octanol–water partition coefficient (Wildman–Crippen LogP) is 2.44. The van der Waals surface area contributed by atoms with Gasteiger partial charge >= 0.3 is 0 Å². The number of carbonyl (C=O) groups is 1. The summed E-state index contributed by atoms with van der Waals surface area (Å²) < 4.78 is 0. The van der Waals surface area contributed by atoms with Crippen LogP contribution in [0.1, 0.15) is 36.9 Å². The van der Waals surface area contributed by atoms with Crippen LogP contribution in [0.5, 0.6) is 0 Å². The van der Waals surface area contributed by atoms with Crippen molar-refractivity contribution in [3.63, 3.8) is 0 Å². The Bertz CT molecular complexity index is 381. The average molecular weight is 218 g/mol. The van der Waals surface area contributed by atoms with E-state index in [1.807, 2.05) is 12.3 Å². The Labute approximate surface area is 95.9 Å². The minimum Gasteiger partial charge on any atom is -0.300 e. The van der Waals surface area contributed by atoms with Gasteiger partial charge in [0.15, 0.2) is 0 Å². The number of ketones is 1. The first-order valence-corrected chi connectivity index (χ1v) is 5.93. The van der Waals surface area contributed by atoms with Crippen LogP contribution in [0, 0.1) is 5.92 Å². The van der Waals surface area contributed by atoms with Gasteiger partial charge in [0.05, 0.1) is 6.20 Å². The van der Waals surface area contributed by atoms with Crippen LogP contribution in [0.15, 0.2) is 18.9 Å². The molecule has 1 aromatic rings. The van der Waals surface area contributed by atoms with Crippen molar-refractivity contribution in [2.75, 3.05) is 0 Å². The zero-order valence-electron chi connectivity index (χ0n) is 9.54. The molecule has 0 spiro atoms. The summed E-state index contributed by atoms with van der Waals surface area (Å²) in [5, 5.41) is 7.07. The van der Waals surface area contributed by atoms with Gasteiger partial charge in [-0.3, -0.25) is 9.89 Å². The minimum atomic E-state index is 0.368. The van der Waals surface area contributed by atoms with Crippen LogP contribution >= 0.6 is 0 Å². The molecule has 0 fully saturated rings. The number of nitrogens with one attached hydrogen (secondary N) is 1. The Kier molecular flexibility index (Phi) is 3.54. The summed E-state index contributed by atoms with van der Waals surface area (Å²) in [5.41, 5.74) is 2.56. The first-order valence-electron chi connectivity index (χ1n) is 5.93. The number of aromatic nitrogens is 2. The van der Waals surface area contributed by atoms with Crippen molar-refractivity contribution < 1.29 is 4.79 Å². The summed E-state index contributed by atoms with van der Waals surface area (Å²) >= 11 is 0. The molecule has 0 aromatic carbocycles. The number of hydrogen-bond donors (Lipinski definition) is 1. The van der Waals surface area contributed by atoms with Gasteiger partial charge in [-0.25, -0.2) is 0 Å². The summed E-state index contributed by atoms with van der Waals surface area (Å²) in [7, 11) is 0. The molecule has 1 heterocycles.